The summed E-state index contributed by atoms with van der Waals surface area (Å²) in [5, 5.41) is 43.5. The van der Waals surface area contributed by atoms with Crippen molar-refractivity contribution in [2.45, 2.75) is 24.4 Å². The van der Waals surface area contributed by atoms with Crippen LogP contribution in [0.15, 0.2) is 0 Å². The molecule has 0 fully saturated rings. The van der Waals surface area contributed by atoms with Crippen LogP contribution in [0.4, 0.5) is 0 Å². The van der Waals surface area contributed by atoms with Crippen molar-refractivity contribution in [1.82, 2.24) is 0 Å². The molecule has 0 aromatic carbocycles. The van der Waals surface area contributed by atoms with Crippen molar-refractivity contribution in [3.8, 4) is 0 Å². The fraction of sp³-hybridized carbons (Fsp3) is 0.833. The van der Waals surface area contributed by atoms with Gasteiger partial charge < -0.3 is 38.7 Å². The largest absolute Gasteiger partial charge is 2.00 e. The molecule has 0 unspecified atom stereocenters. The Morgan fingerprint density at radius 3 is 1.86 bits per heavy atom. The van der Waals surface area contributed by atoms with Gasteiger partial charge in [-0.2, -0.15) is 0 Å². The molecule has 8 heteroatoms. The third-order valence-corrected chi connectivity index (χ3v) is 1.42. The minimum Gasteiger partial charge on any atom is -1.00 e. The van der Waals surface area contributed by atoms with Gasteiger partial charge in [-0.3, -0.25) is 0 Å². The molecule has 7 nitrogen and oxygen atoms in total. The fourth-order valence-corrected chi connectivity index (χ4v) is 0.618. The van der Waals surface area contributed by atoms with Gasteiger partial charge in [0.05, 0.1) is 6.61 Å². The van der Waals surface area contributed by atoms with E-state index in [1.165, 1.54) is 0 Å². The summed E-state index contributed by atoms with van der Waals surface area (Å²) in [7, 11) is 0. The Morgan fingerprint density at radius 2 is 1.57 bits per heavy atom. The SMILES string of the molecule is O.O=C[C@H](O)[C@@H](O)[C@H](O)[C@H](O)CO.[H-].[H-].[Mg+2]. The van der Waals surface area contributed by atoms with Crippen molar-refractivity contribution in [2.75, 3.05) is 6.61 Å². The van der Waals surface area contributed by atoms with E-state index in [0.29, 0.717) is 0 Å². The molecule has 0 saturated heterocycles. The Hall–Kier alpha value is 0.196. The van der Waals surface area contributed by atoms with Crippen molar-refractivity contribution in [2.24, 2.45) is 0 Å². The molecule has 0 spiro atoms. The molecule has 0 aromatic heterocycles. The third kappa shape index (κ3) is 5.83. The predicted molar refractivity (Wildman–Crippen MR) is 48.8 cm³/mol. The van der Waals surface area contributed by atoms with Gasteiger partial charge in [-0.1, -0.05) is 0 Å². The van der Waals surface area contributed by atoms with Crippen LogP contribution in [0.2, 0.25) is 0 Å². The van der Waals surface area contributed by atoms with Crippen LogP contribution in [0.25, 0.3) is 0 Å². The number of aldehydes is 1. The van der Waals surface area contributed by atoms with E-state index in [1.807, 2.05) is 0 Å². The van der Waals surface area contributed by atoms with Crippen LogP contribution in [0.3, 0.4) is 0 Å². The number of aliphatic hydroxyl groups excluding tert-OH is 5. The van der Waals surface area contributed by atoms with Gasteiger partial charge >= 0.3 is 23.1 Å². The third-order valence-electron chi connectivity index (χ3n) is 1.42. The zero-order chi connectivity index (χ0) is 9.72. The van der Waals surface area contributed by atoms with Crippen molar-refractivity contribution in [3.05, 3.63) is 0 Å². The normalized spacial score (nSPS) is 18.1. The van der Waals surface area contributed by atoms with Crippen molar-refractivity contribution < 1.29 is 38.7 Å². The van der Waals surface area contributed by atoms with E-state index >= 15 is 0 Å². The number of rotatable bonds is 5. The summed E-state index contributed by atoms with van der Waals surface area (Å²) in [6.45, 7) is -0.760. The van der Waals surface area contributed by atoms with E-state index in [0.717, 1.165) is 0 Å². The van der Waals surface area contributed by atoms with Gasteiger partial charge in [0.15, 0.2) is 6.29 Å². The maximum atomic E-state index is 9.90. The standard InChI is InChI=1S/C6H12O6.Mg.H2O.2H/c7-1-3(9)5(11)6(12)4(10)2-8;;;;/h1,3-6,8-12H,2H2;;1H2;;/q;+2;;2*-1/t3-,4+,5+,6+;;;;/m0..../s1. The first-order valence-corrected chi connectivity index (χ1v) is 3.33. The second-order valence-electron chi connectivity index (χ2n) is 2.36. The Balaban J connectivity index is -0.000000101. The monoisotopic (exact) mass is 224 g/mol. The van der Waals surface area contributed by atoms with Crippen LogP contribution in [-0.4, -0.2) is 91.4 Å². The fourth-order valence-electron chi connectivity index (χ4n) is 0.618. The molecule has 0 aliphatic rings. The van der Waals surface area contributed by atoms with Crippen molar-refractivity contribution in [3.63, 3.8) is 0 Å². The van der Waals surface area contributed by atoms with E-state index in [9.17, 15) is 4.79 Å². The van der Waals surface area contributed by atoms with E-state index < -0.39 is 31.0 Å². The molecule has 0 bridgehead atoms. The Labute approximate surface area is 99.4 Å². The van der Waals surface area contributed by atoms with E-state index in [4.69, 9.17) is 25.5 Å². The van der Waals surface area contributed by atoms with E-state index in [-0.39, 0.29) is 37.7 Å². The summed E-state index contributed by atoms with van der Waals surface area (Å²) in [5.41, 5.74) is 0. The van der Waals surface area contributed by atoms with Crippen LogP contribution < -0.4 is 0 Å². The van der Waals surface area contributed by atoms with Gasteiger partial charge in [-0.25, -0.2) is 0 Å². The molecule has 7 N–H and O–H groups in total. The average Bonchev–Trinajstić information content (AvgIpc) is 2.12. The molecule has 4 atom stereocenters. The van der Waals surface area contributed by atoms with Crippen LogP contribution >= 0.6 is 0 Å². The summed E-state index contributed by atoms with van der Waals surface area (Å²) in [6.07, 6.45) is -6.84. The smallest absolute Gasteiger partial charge is 1.00 e. The zero-order valence-corrected chi connectivity index (χ0v) is 8.86. The number of carbonyl (C=O) groups excluding carboxylic acids is 1. The number of carbonyl (C=O) groups is 1. The van der Waals surface area contributed by atoms with E-state index in [2.05, 4.69) is 0 Å². The Bertz CT molecular complexity index is 153. The molecule has 0 aliphatic carbocycles. The molecule has 0 aliphatic heterocycles. The molecule has 14 heavy (non-hydrogen) atoms. The second kappa shape index (κ2) is 9.74. The van der Waals surface area contributed by atoms with Crippen LogP contribution in [0.1, 0.15) is 2.85 Å². The predicted octanol–water partition coefficient (Wildman–Crippen LogP) is -4.36. The van der Waals surface area contributed by atoms with Gasteiger partial charge in [0.2, 0.25) is 0 Å². The topological polar surface area (TPSA) is 150 Å². The van der Waals surface area contributed by atoms with Crippen LogP contribution in [0.5, 0.6) is 0 Å². The Kier molecular flexibility index (Phi) is 13.7. The maximum Gasteiger partial charge on any atom is 2.00 e. The van der Waals surface area contributed by atoms with Gasteiger partial charge in [0, 0.05) is 0 Å². The molecule has 0 saturated carbocycles. The average molecular weight is 224 g/mol. The first kappa shape index (κ1) is 19.7. The number of hydrogen-bond acceptors (Lipinski definition) is 6. The van der Waals surface area contributed by atoms with Crippen molar-refractivity contribution >= 4 is 29.3 Å². The second-order valence-corrected chi connectivity index (χ2v) is 2.36. The summed E-state index contributed by atoms with van der Waals surface area (Å²) in [4.78, 5) is 9.90. The van der Waals surface area contributed by atoms with Gasteiger partial charge in [0.25, 0.3) is 0 Å². The zero-order valence-electron chi connectivity index (χ0n) is 9.45. The summed E-state index contributed by atoms with van der Waals surface area (Å²) in [5.74, 6) is 0. The van der Waals surface area contributed by atoms with Crippen LogP contribution in [0, 0.1) is 0 Å². The molecule has 0 radical (unpaired) electrons. The molecule has 0 amide bonds. The summed E-state index contributed by atoms with van der Waals surface area (Å²) in [6, 6.07) is 0. The molecular formula is C6H16MgO7. The Morgan fingerprint density at radius 1 is 1.14 bits per heavy atom. The van der Waals surface area contributed by atoms with E-state index in [1.54, 1.807) is 0 Å². The quantitative estimate of drug-likeness (QED) is 0.235. The molecule has 0 rings (SSSR count). The summed E-state index contributed by atoms with van der Waals surface area (Å²) < 4.78 is 0. The molecule has 84 valence electrons. The minimum absolute atomic E-state index is 0. The maximum absolute atomic E-state index is 9.90. The van der Waals surface area contributed by atoms with Crippen LogP contribution in [-0.2, 0) is 4.79 Å². The number of aliphatic hydroxyl groups is 5. The first-order chi connectivity index (χ1) is 5.54. The van der Waals surface area contributed by atoms with Gasteiger partial charge in [-0.15, -0.1) is 0 Å². The molecular weight excluding hydrogens is 208 g/mol. The molecule has 0 aromatic rings. The number of hydrogen-bond donors (Lipinski definition) is 5. The minimum atomic E-state index is -1.79. The first-order valence-electron chi connectivity index (χ1n) is 3.33. The van der Waals surface area contributed by atoms with Crippen molar-refractivity contribution in [1.29, 1.82) is 0 Å². The molecule has 0 heterocycles. The van der Waals surface area contributed by atoms with Gasteiger partial charge in [0.1, 0.15) is 24.4 Å². The van der Waals surface area contributed by atoms with Gasteiger partial charge in [-0.05, 0) is 0 Å². The summed E-state index contributed by atoms with van der Waals surface area (Å²) >= 11 is 0.